The second-order valence-electron chi connectivity index (χ2n) is 4.29. The van der Waals surface area contributed by atoms with Crippen molar-refractivity contribution in [3.8, 4) is 11.1 Å². The molecule has 0 saturated heterocycles. The molecule has 2 rings (SSSR count). The Hall–Kier alpha value is -1.96. The largest absolute Gasteiger partial charge is 0.296 e. The Kier molecular flexibility index (Phi) is 3.05. The third kappa shape index (κ3) is 2.11. The van der Waals surface area contributed by atoms with E-state index in [-0.39, 0.29) is 0 Å². The van der Waals surface area contributed by atoms with E-state index in [1.807, 2.05) is 12.1 Å². The van der Waals surface area contributed by atoms with Crippen LogP contribution in [0.5, 0.6) is 0 Å². The summed E-state index contributed by atoms with van der Waals surface area (Å²) in [6, 6.07) is 7.99. The number of carbonyl (C=O) groups excluding carboxylic acids is 1. The minimum Gasteiger partial charge on any atom is -0.296 e. The van der Waals surface area contributed by atoms with Crippen molar-refractivity contribution in [1.29, 1.82) is 0 Å². The Morgan fingerprint density at radius 1 is 1.12 bits per heavy atom. The summed E-state index contributed by atoms with van der Waals surface area (Å²) in [5.41, 5.74) is 6.22. The van der Waals surface area contributed by atoms with E-state index in [4.69, 9.17) is 0 Å². The van der Waals surface area contributed by atoms with Gasteiger partial charge in [0.05, 0.1) is 0 Å². The summed E-state index contributed by atoms with van der Waals surface area (Å²) in [4.78, 5) is 15.1. The first-order valence-electron chi connectivity index (χ1n) is 5.62. The number of rotatable bonds is 2. The molecule has 1 aromatic heterocycles. The molecule has 0 amide bonds. The predicted molar refractivity (Wildman–Crippen MR) is 69.3 cm³/mol. The van der Waals surface area contributed by atoms with E-state index in [0.717, 1.165) is 17.4 Å². The smallest absolute Gasteiger partial charge is 0.169 e. The van der Waals surface area contributed by atoms with E-state index in [9.17, 15) is 4.79 Å². The van der Waals surface area contributed by atoms with Gasteiger partial charge >= 0.3 is 0 Å². The highest BCUT2D eigenvalue weighted by molar-refractivity contribution is 5.85. The fourth-order valence-electron chi connectivity index (χ4n) is 1.95. The van der Waals surface area contributed by atoms with E-state index in [1.165, 1.54) is 16.7 Å². The Balaban J connectivity index is 2.65. The van der Waals surface area contributed by atoms with Gasteiger partial charge in [-0.3, -0.25) is 9.78 Å². The van der Waals surface area contributed by atoms with Crippen molar-refractivity contribution in [3.63, 3.8) is 0 Å². The van der Waals surface area contributed by atoms with E-state index in [1.54, 1.807) is 6.20 Å². The van der Waals surface area contributed by atoms with Gasteiger partial charge in [0.2, 0.25) is 0 Å². The van der Waals surface area contributed by atoms with Gasteiger partial charge in [0, 0.05) is 11.8 Å². The molecule has 0 saturated carbocycles. The summed E-state index contributed by atoms with van der Waals surface area (Å²) in [5, 5.41) is 0. The van der Waals surface area contributed by atoms with Crippen molar-refractivity contribution < 1.29 is 4.79 Å². The number of aryl methyl sites for hydroxylation is 2. The molecule has 0 bridgehead atoms. The lowest BCUT2D eigenvalue weighted by Crippen LogP contribution is -1.94. The van der Waals surface area contributed by atoms with Crippen LogP contribution in [0.1, 0.15) is 27.2 Å². The molecule has 2 aromatic rings. The fraction of sp³-hybridized carbons (Fsp3) is 0.200. The quantitative estimate of drug-likeness (QED) is 0.732. The molecule has 17 heavy (non-hydrogen) atoms. The monoisotopic (exact) mass is 225 g/mol. The number of hydrogen-bond donors (Lipinski definition) is 0. The highest BCUT2D eigenvalue weighted by Gasteiger charge is 2.07. The van der Waals surface area contributed by atoms with Crippen molar-refractivity contribution in [3.05, 3.63) is 52.8 Å². The Labute approximate surface area is 101 Å². The summed E-state index contributed by atoms with van der Waals surface area (Å²) in [7, 11) is 0. The average molecular weight is 225 g/mol. The minimum absolute atomic E-state index is 0.496. The van der Waals surface area contributed by atoms with Crippen LogP contribution in [-0.4, -0.2) is 11.3 Å². The van der Waals surface area contributed by atoms with Gasteiger partial charge in [-0.05, 0) is 49.1 Å². The predicted octanol–water partition coefficient (Wildman–Crippen LogP) is 3.49. The third-order valence-corrected chi connectivity index (χ3v) is 3.19. The van der Waals surface area contributed by atoms with Gasteiger partial charge in [0.15, 0.2) is 6.29 Å². The van der Waals surface area contributed by atoms with Crippen LogP contribution in [0.3, 0.4) is 0 Å². The maximum atomic E-state index is 11.0. The number of pyridine rings is 1. The minimum atomic E-state index is 0.496. The highest BCUT2D eigenvalue weighted by atomic mass is 16.1. The molecule has 0 aliphatic rings. The first kappa shape index (κ1) is 11.5. The van der Waals surface area contributed by atoms with Gasteiger partial charge in [-0.15, -0.1) is 0 Å². The van der Waals surface area contributed by atoms with Gasteiger partial charge in [-0.2, -0.15) is 0 Å². The lowest BCUT2D eigenvalue weighted by Gasteiger charge is -2.10. The summed E-state index contributed by atoms with van der Waals surface area (Å²) < 4.78 is 0. The lowest BCUT2D eigenvalue weighted by molar-refractivity contribution is 0.111. The normalized spacial score (nSPS) is 10.3. The molecule has 0 fully saturated rings. The molecular formula is C15H15NO. The Morgan fingerprint density at radius 2 is 1.76 bits per heavy atom. The molecule has 0 spiro atoms. The molecule has 2 nitrogen and oxygen atoms in total. The van der Waals surface area contributed by atoms with E-state index in [2.05, 4.69) is 37.9 Å². The molecule has 0 atom stereocenters. The van der Waals surface area contributed by atoms with Crippen LogP contribution in [-0.2, 0) is 0 Å². The van der Waals surface area contributed by atoms with Crippen LogP contribution in [0.25, 0.3) is 11.1 Å². The topological polar surface area (TPSA) is 30.0 Å². The SMILES string of the molecule is Cc1cc(-c2cccnc2C=O)cc(C)c1C. The summed E-state index contributed by atoms with van der Waals surface area (Å²) >= 11 is 0. The second-order valence-corrected chi connectivity index (χ2v) is 4.29. The molecule has 1 aromatic carbocycles. The maximum absolute atomic E-state index is 11.0. The number of nitrogens with zero attached hydrogens (tertiary/aromatic N) is 1. The summed E-state index contributed by atoms with van der Waals surface area (Å²) in [6.07, 6.45) is 2.45. The van der Waals surface area contributed by atoms with Crippen LogP contribution in [0.2, 0.25) is 0 Å². The van der Waals surface area contributed by atoms with E-state index in [0.29, 0.717) is 5.69 Å². The van der Waals surface area contributed by atoms with Crippen LogP contribution >= 0.6 is 0 Å². The first-order chi connectivity index (χ1) is 8.13. The number of carbonyl (C=O) groups is 1. The number of hydrogen-bond acceptors (Lipinski definition) is 2. The van der Waals surface area contributed by atoms with Crippen LogP contribution in [0.4, 0.5) is 0 Å². The molecule has 1 heterocycles. The average Bonchev–Trinajstić information content (AvgIpc) is 2.35. The zero-order valence-electron chi connectivity index (χ0n) is 10.3. The summed E-state index contributed by atoms with van der Waals surface area (Å²) in [6.45, 7) is 6.28. The van der Waals surface area contributed by atoms with E-state index < -0.39 is 0 Å². The van der Waals surface area contributed by atoms with Crippen LogP contribution in [0, 0.1) is 20.8 Å². The van der Waals surface area contributed by atoms with Crippen LogP contribution < -0.4 is 0 Å². The molecule has 2 heteroatoms. The van der Waals surface area contributed by atoms with Gasteiger partial charge in [-0.25, -0.2) is 0 Å². The van der Waals surface area contributed by atoms with Crippen molar-refractivity contribution in [2.24, 2.45) is 0 Å². The number of aldehydes is 1. The van der Waals surface area contributed by atoms with Crippen LogP contribution in [0.15, 0.2) is 30.5 Å². The maximum Gasteiger partial charge on any atom is 0.169 e. The molecule has 0 aliphatic carbocycles. The first-order valence-corrected chi connectivity index (χ1v) is 5.62. The number of aromatic nitrogens is 1. The van der Waals surface area contributed by atoms with Crippen molar-refractivity contribution in [2.45, 2.75) is 20.8 Å². The zero-order chi connectivity index (χ0) is 12.4. The molecule has 0 aliphatic heterocycles. The van der Waals surface area contributed by atoms with Crippen molar-refractivity contribution in [2.75, 3.05) is 0 Å². The van der Waals surface area contributed by atoms with Gasteiger partial charge in [0.1, 0.15) is 5.69 Å². The molecular weight excluding hydrogens is 210 g/mol. The highest BCUT2D eigenvalue weighted by Crippen LogP contribution is 2.26. The summed E-state index contributed by atoms with van der Waals surface area (Å²) in [5.74, 6) is 0. The lowest BCUT2D eigenvalue weighted by atomic mass is 9.96. The Morgan fingerprint density at radius 3 is 2.35 bits per heavy atom. The third-order valence-electron chi connectivity index (χ3n) is 3.19. The molecule has 0 radical (unpaired) electrons. The van der Waals surface area contributed by atoms with Gasteiger partial charge < -0.3 is 0 Å². The van der Waals surface area contributed by atoms with Crippen molar-refractivity contribution >= 4 is 6.29 Å². The van der Waals surface area contributed by atoms with Gasteiger partial charge in [0.25, 0.3) is 0 Å². The fourth-order valence-corrected chi connectivity index (χ4v) is 1.95. The molecule has 0 N–H and O–H groups in total. The van der Waals surface area contributed by atoms with E-state index >= 15 is 0 Å². The van der Waals surface area contributed by atoms with Gasteiger partial charge in [-0.1, -0.05) is 18.2 Å². The standard InChI is InChI=1S/C15H15NO/c1-10-7-13(8-11(2)12(10)3)14-5-4-6-16-15(14)9-17/h4-9H,1-3H3. The zero-order valence-corrected chi connectivity index (χ0v) is 10.3. The molecule has 0 unspecified atom stereocenters. The molecule has 86 valence electrons. The van der Waals surface area contributed by atoms with Crippen molar-refractivity contribution in [1.82, 2.24) is 4.98 Å². The number of benzene rings is 1. The second kappa shape index (κ2) is 4.50. The Bertz CT molecular complexity index is 550.